The van der Waals surface area contributed by atoms with E-state index < -0.39 is 0 Å². The van der Waals surface area contributed by atoms with Crippen LogP contribution >= 0.6 is 0 Å². The summed E-state index contributed by atoms with van der Waals surface area (Å²) in [5.74, 6) is -0.289. The summed E-state index contributed by atoms with van der Waals surface area (Å²) in [7, 11) is 0. The van der Waals surface area contributed by atoms with Gasteiger partial charge in [0.05, 0.1) is 17.7 Å². The van der Waals surface area contributed by atoms with Gasteiger partial charge in [-0.25, -0.2) is 0 Å². The maximum atomic E-state index is 12.5. The van der Waals surface area contributed by atoms with Gasteiger partial charge in [-0.05, 0) is 48.6 Å². The predicted molar refractivity (Wildman–Crippen MR) is 100 cm³/mol. The Hall–Kier alpha value is -2.99. The van der Waals surface area contributed by atoms with E-state index in [4.69, 9.17) is 5.73 Å². The van der Waals surface area contributed by atoms with E-state index in [1.807, 2.05) is 0 Å². The fourth-order valence-corrected chi connectivity index (χ4v) is 3.38. The van der Waals surface area contributed by atoms with E-state index in [0.717, 1.165) is 18.4 Å². The summed E-state index contributed by atoms with van der Waals surface area (Å²) >= 11 is 0. The van der Waals surface area contributed by atoms with Crippen LogP contribution in [-0.4, -0.2) is 35.2 Å². The average molecular weight is 363 g/mol. The molecule has 1 fully saturated rings. The van der Waals surface area contributed by atoms with Gasteiger partial charge >= 0.3 is 0 Å². The second-order valence-electron chi connectivity index (χ2n) is 7.15. The number of rotatable bonds is 6. The minimum Gasteiger partial charge on any atom is -0.350 e. The molecule has 0 bridgehead atoms. The molecule has 27 heavy (non-hydrogen) atoms. The van der Waals surface area contributed by atoms with Crippen molar-refractivity contribution in [2.45, 2.75) is 25.4 Å². The highest BCUT2D eigenvalue weighted by molar-refractivity contribution is 6.21. The molecule has 138 valence electrons. The van der Waals surface area contributed by atoms with Gasteiger partial charge in [-0.2, -0.15) is 0 Å². The van der Waals surface area contributed by atoms with Crippen LogP contribution in [0.4, 0.5) is 0 Å². The molecule has 3 amide bonds. The van der Waals surface area contributed by atoms with Crippen molar-refractivity contribution in [2.75, 3.05) is 6.54 Å². The first-order chi connectivity index (χ1) is 13.0. The monoisotopic (exact) mass is 363 g/mol. The van der Waals surface area contributed by atoms with E-state index in [9.17, 15) is 14.4 Å². The summed E-state index contributed by atoms with van der Waals surface area (Å²) in [6, 6.07) is 13.8. The minimum atomic E-state index is -0.305. The fraction of sp³-hybridized carbons (Fsp3) is 0.286. The minimum absolute atomic E-state index is 0.00419. The third kappa shape index (κ3) is 3.48. The summed E-state index contributed by atoms with van der Waals surface area (Å²) in [6.07, 6.45) is 2.26. The SMILES string of the molecule is NC(CNC(=O)c1cccc(CN2C(=O)c3ccccc3C2=O)c1)C1CC1. The molecule has 1 unspecified atom stereocenters. The Morgan fingerprint density at radius 1 is 1.07 bits per heavy atom. The second-order valence-corrected chi connectivity index (χ2v) is 7.15. The largest absolute Gasteiger partial charge is 0.350 e. The van der Waals surface area contributed by atoms with Crippen LogP contribution in [0.25, 0.3) is 0 Å². The average Bonchev–Trinajstić information content (AvgIpc) is 3.51. The molecule has 3 N–H and O–H groups in total. The molecule has 6 heteroatoms. The van der Waals surface area contributed by atoms with Crippen LogP contribution in [0.1, 0.15) is 49.5 Å². The van der Waals surface area contributed by atoms with Gasteiger partial charge in [0.1, 0.15) is 0 Å². The molecule has 1 aliphatic heterocycles. The molecule has 2 aromatic rings. The van der Waals surface area contributed by atoms with Crippen molar-refractivity contribution in [3.63, 3.8) is 0 Å². The summed E-state index contributed by atoms with van der Waals surface area (Å²) in [5, 5.41) is 2.86. The molecule has 1 atom stereocenters. The number of hydrogen-bond donors (Lipinski definition) is 2. The maximum Gasteiger partial charge on any atom is 0.261 e. The van der Waals surface area contributed by atoms with Crippen molar-refractivity contribution in [1.29, 1.82) is 0 Å². The number of fused-ring (bicyclic) bond motifs is 1. The summed E-state index contributed by atoms with van der Waals surface area (Å²) in [6.45, 7) is 0.585. The van der Waals surface area contributed by atoms with E-state index in [1.165, 1.54) is 4.90 Å². The van der Waals surface area contributed by atoms with Crippen molar-refractivity contribution >= 4 is 17.7 Å². The first-order valence-corrected chi connectivity index (χ1v) is 9.12. The summed E-state index contributed by atoms with van der Waals surface area (Å²) in [4.78, 5) is 38.6. The standard InChI is InChI=1S/C21H21N3O3/c22-18(14-8-9-14)11-23-19(25)15-5-3-4-13(10-15)12-24-20(26)16-6-1-2-7-17(16)21(24)27/h1-7,10,14,18H,8-9,11-12,22H2,(H,23,25). The summed E-state index contributed by atoms with van der Waals surface area (Å²) in [5.41, 5.74) is 8.08. The molecule has 4 rings (SSSR count). The van der Waals surface area contributed by atoms with Crippen LogP contribution in [0, 0.1) is 5.92 Å². The lowest BCUT2D eigenvalue weighted by atomic mass is 10.1. The van der Waals surface area contributed by atoms with Crippen LogP contribution in [0.5, 0.6) is 0 Å². The van der Waals surface area contributed by atoms with E-state index >= 15 is 0 Å². The third-order valence-corrected chi connectivity index (χ3v) is 5.13. The Morgan fingerprint density at radius 2 is 1.74 bits per heavy atom. The van der Waals surface area contributed by atoms with Crippen molar-refractivity contribution in [3.05, 3.63) is 70.8 Å². The van der Waals surface area contributed by atoms with Crippen LogP contribution in [0.15, 0.2) is 48.5 Å². The Balaban J connectivity index is 1.44. The Morgan fingerprint density at radius 3 is 2.37 bits per heavy atom. The van der Waals surface area contributed by atoms with Gasteiger partial charge in [-0.3, -0.25) is 19.3 Å². The quantitative estimate of drug-likeness (QED) is 0.767. The molecule has 0 spiro atoms. The molecule has 1 aliphatic carbocycles. The molecule has 0 radical (unpaired) electrons. The van der Waals surface area contributed by atoms with Gasteiger partial charge in [-0.1, -0.05) is 24.3 Å². The first-order valence-electron chi connectivity index (χ1n) is 9.12. The molecule has 0 aromatic heterocycles. The van der Waals surface area contributed by atoms with Crippen molar-refractivity contribution in [3.8, 4) is 0 Å². The maximum absolute atomic E-state index is 12.5. The van der Waals surface area contributed by atoms with Crippen LogP contribution in [-0.2, 0) is 6.54 Å². The summed E-state index contributed by atoms with van der Waals surface area (Å²) < 4.78 is 0. The molecule has 2 aromatic carbocycles. The van der Waals surface area contributed by atoms with Crippen LogP contribution in [0.3, 0.4) is 0 Å². The number of hydrogen-bond acceptors (Lipinski definition) is 4. The molecule has 0 saturated heterocycles. The highest BCUT2D eigenvalue weighted by Gasteiger charge is 2.35. The van der Waals surface area contributed by atoms with Crippen molar-refractivity contribution < 1.29 is 14.4 Å². The van der Waals surface area contributed by atoms with Gasteiger partial charge in [0, 0.05) is 18.2 Å². The number of nitrogens with two attached hydrogens (primary N) is 1. The van der Waals surface area contributed by atoms with Crippen molar-refractivity contribution in [1.82, 2.24) is 10.2 Å². The number of nitrogens with zero attached hydrogens (tertiary/aromatic N) is 1. The van der Waals surface area contributed by atoms with Crippen molar-refractivity contribution in [2.24, 2.45) is 11.7 Å². The van der Waals surface area contributed by atoms with Crippen LogP contribution < -0.4 is 11.1 Å². The number of imide groups is 1. The first kappa shape index (κ1) is 17.4. The third-order valence-electron chi connectivity index (χ3n) is 5.13. The van der Waals surface area contributed by atoms with Crippen LogP contribution in [0.2, 0.25) is 0 Å². The van der Waals surface area contributed by atoms with Gasteiger partial charge in [0.15, 0.2) is 0 Å². The molecular formula is C21H21N3O3. The number of carbonyl (C=O) groups is 3. The Bertz CT molecular complexity index is 885. The molecule has 6 nitrogen and oxygen atoms in total. The molecule has 1 heterocycles. The highest BCUT2D eigenvalue weighted by atomic mass is 16.2. The normalized spacial score (nSPS) is 17.0. The Kier molecular flexibility index (Phi) is 4.49. The zero-order valence-corrected chi connectivity index (χ0v) is 14.9. The predicted octanol–water partition coefficient (Wildman–Crippen LogP) is 1.95. The zero-order valence-electron chi connectivity index (χ0n) is 14.9. The number of nitrogens with one attached hydrogen (secondary N) is 1. The number of carbonyl (C=O) groups excluding carboxylic acids is 3. The van der Waals surface area contributed by atoms with Gasteiger partial charge in [0.2, 0.25) is 0 Å². The lowest BCUT2D eigenvalue weighted by Gasteiger charge is -2.15. The van der Waals surface area contributed by atoms with E-state index in [2.05, 4.69) is 5.32 Å². The molecule has 2 aliphatic rings. The number of amides is 3. The van der Waals surface area contributed by atoms with Gasteiger partial charge in [-0.15, -0.1) is 0 Å². The zero-order chi connectivity index (χ0) is 19.0. The Labute approximate surface area is 157 Å². The number of benzene rings is 2. The topological polar surface area (TPSA) is 92.5 Å². The van der Waals surface area contributed by atoms with Gasteiger partial charge < -0.3 is 11.1 Å². The van der Waals surface area contributed by atoms with E-state index in [1.54, 1.807) is 48.5 Å². The second kappa shape index (κ2) is 6.96. The smallest absolute Gasteiger partial charge is 0.261 e. The fourth-order valence-electron chi connectivity index (χ4n) is 3.38. The molecule has 1 saturated carbocycles. The van der Waals surface area contributed by atoms with Gasteiger partial charge in [0.25, 0.3) is 17.7 Å². The lowest BCUT2D eigenvalue weighted by Crippen LogP contribution is -2.38. The van der Waals surface area contributed by atoms with E-state index in [-0.39, 0.29) is 30.3 Å². The highest BCUT2D eigenvalue weighted by Crippen LogP contribution is 2.31. The van der Waals surface area contributed by atoms with E-state index in [0.29, 0.717) is 29.2 Å². The lowest BCUT2D eigenvalue weighted by molar-refractivity contribution is 0.0642. The molecular weight excluding hydrogens is 342 g/mol.